The SMILES string of the molecule is N#Cc1ncc(-c2ccc(Oc3ccccc3)cc2)[nH]1. The maximum absolute atomic E-state index is 8.74. The Morgan fingerprint density at radius 1 is 0.950 bits per heavy atom. The van der Waals surface area contributed by atoms with Gasteiger partial charge in [-0.1, -0.05) is 18.2 Å². The van der Waals surface area contributed by atoms with Crippen LogP contribution in [0.3, 0.4) is 0 Å². The maximum Gasteiger partial charge on any atom is 0.210 e. The third-order valence-corrected chi connectivity index (χ3v) is 2.83. The number of nitrogens with one attached hydrogen (secondary N) is 1. The molecule has 0 unspecified atom stereocenters. The lowest BCUT2D eigenvalue weighted by molar-refractivity contribution is 0.483. The van der Waals surface area contributed by atoms with Crippen molar-refractivity contribution < 1.29 is 4.74 Å². The number of nitrogens with zero attached hydrogens (tertiary/aromatic N) is 2. The van der Waals surface area contributed by atoms with Crippen molar-refractivity contribution in [3.8, 4) is 28.8 Å². The van der Waals surface area contributed by atoms with Gasteiger partial charge in [0.05, 0.1) is 11.9 Å². The fourth-order valence-electron chi connectivity index (χ4n) is 1.85. The topological polar surface area (TPSA) is 61.7 Å². The van der Waals surface area contributed by atoms with Gasteiger partial charge in [0.2, 0.25) is 5.82 Å². The van der Waals surface area contributed by atoms with E-state index in [2.05, 4.69) is 9.97 Å². The number of ether oxygens (including phenoxy) is 1. The van der Waals surface area contributed by atoms with Gasteiger partial charge in [0.15, 0.2) is 0 Å². The van der Waals surface area contributed by atoms with Gasteiger partial charge in [-0.3, -0.25) is 0 Å². The largest absolute Gasteiger partial charge is 0.457 e. The first-order valence-corrected chi connectivity index (χ1v) is 6.13. The average Bonchev–Trinajstić information content (AvgIpc) is 2.98. The number of aromatic nitrogens is 2. The lowest BCUT2D eigenvalue weighted by Crippen LogP contribution is -1.84. The molecular weight excluding hydrogens is 250 g/mol. The number of hydrogen-bond acceptors (Lipinski definition) is 3. The molecule has 2 aromatic carbocycles. The van der Waals surface area contributed by atoms with Crippen molar-refractivity contribution >= 4 is 0 Å². The number of H-pyrrole nitrogens is 1. The molecule has 1 aromatic heterocycles. The Morgan fingerprint density at radius 2 is 1.65 bits per heavy atom. The van der Waals surface area contributed by atoms with Crippen LogP contribution >= 0.6 is 0 Å². The van der Waals surface area contributed by atoms with E-state index in [1.807, 2.05) is 60.7 Å². The first-order chi connectivity index (χ1) is 9.85. The van der Waals surface area contributed by atoms with Crippen LogP contribution in [0.25, 0.3) is 11.3 Å². The van der Waals surface area contributed by atoms with Crippen molar-refractivity contribution in [1.82, 2.24) is 9.97 Å². The van der Waals surface area contributed by atoms with Gasteiger partial charge in [0.25, 0.3) is 0 Å². The average molecular weight is 261 g/mol. The number of para-hydroxylation sites is 1. The number of rotatable bonds is 3. The number of benzene rings is 2. The number of imidazole rings is 1. The normalized spacial score (nSPS) is 9.95. The number of nitriles is 1. The molecule has 0 spiro atoms. The lowest BCUT2D eigenvalue weighted by Gasteiger charge is -2.05. The van der Waals surface area contributed by atoms with Crippen molar-refractivity contribution in [2.75, 3.05) is 0 Å². The van der Waals surface area contributed by atoms with E-state index < -0.39 is 0 Å². The lowest BCUT2D eigenvalue weighted by atomic mass is 10.1. The third-order valence-electron chi connectivity index (χ3n) is 2.83. The van der Waals surface area contributed by atoms with E-state index >= 15 is 0 Å². The van der Waals surface area contributed by atoms with Gasteiger partial charge in [-0.2, -0.15) is 5.26 Å². The zero-order chi connectivity index (χ0) is 13.8. The van der Waals surface area contributed by atoms with Crippen LogP contribution in [0.1, 0.15) is 5.82 Å². The van der Waals surface area contributed by atoms with Crippen LogP contribution in [0.15, 0.2) is 60.8 Å². The summed E-state index contributed by atoms with van der Waals surface area (Å²) in [5, 5.41) is 8.74. The van der Waals surface area contributed by atoms with E-state index in [9.17, 15) is 0 Å². The summed E-state index contributed by atoms with van der Waals surface area (Å²) in [6.45, 7) is 0. The Morgan fingerprint density at radius 3 is 2.30 bits per heavy atom. The van der Waals surface area contributed by atoms with Crippen LogP contribution in [-0.2, 0) is 0 Å². The molecule has 0 saturated heterocycles. The van der Waals surface area contributed by atoms with Crippen LogP contribution in [0.4, 0.5) is 0 Å². The van der Waals surface area contributed by atoms with Gasteiger partial charge in [-0.25, -0.2) is 4.98 Å². The smallest absolute Gasteiger partial charge is 0.210 e. The van der Waals surface area contributed by atoms with E-state index in [0.717, 1.165) is 22.8 Å². The van der Waals surface area contributed by atoms with Crippen LogP contribution in [-0.4, -0.2) is 9.97 Å². The Labute approximate surface area is 116 Å². The summed E-state index contributed by atoms with van der Waals surface area (Å²) in [6.07, 6.45) is 1.64. The molecule has 0 aliphatic heterocycles. The first kappa shape index (κ1) is 12.0. The van der Waals surface area contributed by atoms with E-state index in [1.54, 1.807) is 6.20 Å². The molecule has 0 fully saturated rings. The molecular formula is C16H11N3O. The van der Waals surface area contributed by atoms with Crippen molar-refractivity contribution in [3.63, 3.8) is 0 Å². The Bertz CT molecular complexity index is 739. The molecule has 0 radical (unpaired) electrons. The number of aromatic amines is 1. The van der Waals surface area contributed by atoms with Crippen molar-refractivity contribution in [1.29, 1.82) is 5.26 Å². The van der Waals surface area contributed by atoms with Crippen molar-refractivity contribution in [2.24, 2.45) is 0 Å². The molecule has 3 aromatic rings. The fourth-order valence-corrected chi connectivity index (χ4v) is 1.85. The van der Waals surface area contributed by atoms with Crippen molar-refractivity contribution in [3.05, 3.63) is 66.6 Å². The summed E-state index contributed by atoms with van der Waals surface area (Å²) in [6, 6.07) is 19.2. The van der Waals surface area contributed by atoms with Gasteiger partial charge in [0.1, 0.15) is 17.6 Å². The monoisotopic (exact) mass is 261 g/mol. The molecule has 1 heterocycles. The van der Waals surface area contributed by atoms with Gasteiger partial charge in [-0.15, -0.1) is 0 Å². The van der Waals surface area contributed by atoms with Crippen LogP contribution in [0, 0.1) is 11.3 Å². The summed E-state index contributed by atoms with van der Waals surface area (Å²) < 4.78 is 5.72. The molecule has 0 aliphatic rings. The van der Waals surface area contributed by atoms with Crippen LogP contribution in [0.2, 0.25) is 0 Å². The zero-order valence-corrected chi connectivity index (χ0v) is 10.6. The second kappa shape index (κ2) is 5.29. The summed E-state index contributed by atoms with van der Waals surface area (Å²) >= 11 is 0. The molecule has 4 heteroatoms. The van der Waals surface area contributed by atoms with E-state index in [1.165, 1.54) is 0 Å². The van der Waals surface area contributed by atoms with E-state index in [0.29, 0.717) is 5.82 Å². The molecule has 3 rings (SSSR count). The summed E-state index contributed by atoms with van der Waals surface area (Å²) in [5.41, 5.74) is 1.77. The highest BCUT2D eigenvalue weighted by atomic mass is 16.5. The van der Waals surface area contributed by atoms with E-state index in [-0.39, 0.29) is 0 Å². The molecule has 20 heavy (non-hydrogen) atoms. The van der Waals surface area contributed by atoms with Gasteiger partial charge in [0, 0.05) is 0 Å². The van der Waals surface area contributed by atoms with Crippen LogP contribution in [0.5, 0.6) is 11.5 Å². The highest BCUT2D eigenvalue weighted by Gasteiger charge is 2.03. The molecule has 0 bridgehead atoms. The summed E-state index contributed by atoms with van der Waals surface area (Å²) in [5.74, 6) is 1.87. The minimum Gasteiger partial charge on any atom is -0.457 e. The molecule has 0 aliphatic carbocycles. The highest BCUT2D eigenvalue weighted by molar-refractivity contribution is 5.60. The fraction of sp³-hybridized carbons (Fsp3) is 0. The first-order valence-electron chi connectivity index (χ1n) is 6.13. The predicted octanol–water partition coefficient (Wildman–Crippen LogP) is 3.74. The quantitative estimate of drug-likeness (QED) is 0.781. The molecule has 1 N–H and O–H groups in total. The predicted molar refractivity (Wildman–Crippen MR) is 75.3 cm³/mol. The highest BCUT2D eigenvalue weighted by Crippen LogP contribution is 2.24. The van der Waals surface area contributed by atoms with Gasteiger partial charge >= 0.3 is 0 Å². The minimum atomic E-state index is 0.310. The second-order valence-electron chi connectivity index (χ2n) is 4.20. The van der Waals surface area contributed by atoms with Gasteiger partial charge < -0.3 is 9.72 Å². The Balaban J connectivity index is 1.79. The molecule has 4 nitrogen and oxygen atoms in total. The molecule has 0 atom stereocenters. The summed E-state index contributed by atoms with van der Waals surface area (Å²) in [4.78, 5) is 6.89. The molecule has 0 amide bonds. The third kappa shape index (κ3) is 2.52. The molecule has 0 saturated carbocycles. The Hall–Kier alpha value is -3.06. The number of hydrogen-bond donors (Lipinski definition) is 1. The van der Waals surface area contributed by atoms with E-state index in [4.69, 9.17) is 10.00 Å². The zero-order valence-electron chi connectivity index (χ0n) is 10.6. The standard InChI is InChI=1S/C16H11N3O/c17-10-16-18-11-15(19-16)12-6-8-14(9-7-12)20-13-4-2-1-3-5-13/h1-9,11H,(H,18,19). The Kier molecular flexibility index (Phi) is 3.17. The minimum absolute atomic E-state index is 0.310. The maximum atomic E-state index is 8.74. The van der Waals surface area contributed by atoms with Crippen molar-refractivity contribution in [2.45, 2.75) is 0 Å². The molecule has 96 valence electrons. The van der Waals surface area contributed by atoms with Crippen LogP contribution < -0.4 is 4.74 Å². The van der Waals surface area contributed by atoms with Gasteiger partial charge in [-0.05, 0) is 42.0 Å². The second-order valence-corrected chi connectivity index (χ2v) is 4.20. The summed E-state index contributed by atoms with van der Waals surface area (Å²) in [7, 11) is 0.